The van der Waals surface area contributed by atoms with Crippen LogP contribution < -0.4 is 15.4 Å². The van der Waals surface area contributed by atoms with Crippen molar-refractivity contribution in [1.82, 2.24) is 15.1 Å². The molecule has 8 heteroatoms. The van der Waals surface area contributed by atoms with E-state index in [0.29, 0.717) is 19.7 Å². The number of carbonyl (C=O) groups excluding carboxylic acids is 2. The highest BCUT2D eigenvalue weighted by molar-refractivity contribution is 7.98. The van der Waals surface area contributed by atoms with Gasteiger partial charge in [-0.25, -0.2) is 4.79 Å². The summed E-state index contributed by atoms with van der Waals surface area (Å²) in [6, 6.07) is 7.23. The number of unbranched alkanes of at least 4 members (excludes halogenated alkanes) is 1. The summed E-state index contributed by atoms with van der Waals surface area (Å²) in [6.07, 6.45) is 6.51. The maximum Gasteiger partial charge on any atom is 0.321 e. The molecule has 2 N–H and O–H groups in total. The Morgan fingerprint density at radius 2 is 1.97 bits per heavy atom. The van der Waals surface area contributed by atoms with Crippen LogP contribution in [0.2, 0.25) is 0 Å². The van der Waals surface area contributed by atoms with Gasteiger partial charge in [0, 0.05) is 38.2 Å². The predicted molar refractivity (Wildman–Crippen MR) is 127 cm³/mol. The topological polar surface area (TPSA) is 73.9 Å². The Bertz CT molecular complexity index is 735. The summed E-state index contributed by atoms with van der Waals surface area (Å²) >= 11 is 1.77. The number of amides is 3. The summed E-state index contributed by atoms with van der Waals surface area (Å²) in [5, 5.41) is 6.65. The zero-order valence-electron chi connectivity index (χ0n) is 19.0. The minimum atomic E-state index is -0.314. The van der Waals surface area contributed by atoms with Gasteiger partial charge in [-0.1, -0.05) is 13.3 Å². The first-order valence-electron chi connectivity index (χ1n) is 11.4. The molecule has 3 amide bonds. The van der Waals surface area contributed by atoms with E-state index in [0.717, 1.165) is 55.8 Å². The van der Waals surface area contributed by atoms with Crippen molar-refractivity contribution in [3.63, 3.8) is 0 Å². The van der Waals surface area contributed by atoms with Crippen molar-refractivity contribution in [3.8, 4) is 5.75 Å². The third-order valence-electron chi connectivity index (χ3n) is 6.16. The number of hydrogen-bond acceptors (Lipinski definition) is 5. The largest absolute Gasteiger partial charge is 0.494 e. The van der Waals surface area contributed by atoms with Gasteiger partial charge in [-0.3, -0.25) is 10.1 Å². The van der Waals surface area contributed by atoms with Crippen molar-refractivity contribution >= 4 is 29.4 Å². The van der Waals surface area contributed by atoms with Crippen LogP contribution in [0.15, 0.2) is 24.3 Å². The molecule has 2 saturated heterocycles. The lowest BCUT2D eigenvalue weighted by Crippen LogP contribution is -2.60. The van der Waals surface area contributed by atoms with Crippen molar-refractivity contribution in [3.05, 3.63) is 24.3 Å². The van der Waals surface area contributed by atoms with Crippen LogP contribution in [0.25, 0.3) is 0 Å². The smallest absolute Gasteiger partial charge is 0.321 e. The van der Waals surface area contributed by atoms with E-state index in [1.165, 1.54) is 0 Å². The minimum Gasteiger partial charge on any atom is -0.494 e. The molecule has 0 aromatic heterocycles. The van der Waals surface area contributed by atoms with Gasteiger partial charge in [-0.15, -0.1) is 0 Å². The van der Waals surface area contributed by atoms with Crippen LogP contribution in [0.3, 0.4) is 0 Å². The molecule has 2 aliphatic rings. The highest BCUT2D eigenvalue weighted by atomic mass is 32.2. The molecule has 2 fully saturated rings. The number of anilines is 1. The fourth-order valence-corrected chi connectivity index (χ4v) is 4.90. The molecule has 31 heavy (non-hydrogen) atoms. The van der Waals surface area contributed by atoms with Crippen molar-refractivity contribution in [2.75, 3.05) is 43.6 Å². The minimum absolute atomic E-state index is 0.0950. The van der Waals surface area contributed by atoms with Crippen molar-refractivity contribution in [2.45, 2.75) is 57.7 Å². The molecular weight excluding hydrogens is 412 g/mol. The van der Waals surface area contributed by atoms with Crippen LogP contribution in [-0.2, 0) is 4.79 Å². The van der Waals surface area contributed by atoms with Gasteiger partial charge in [-0.2, -0.15) is 11.8 Å². The molecule has 1 atom stereocenters. The molecule has 0 aliphatic carbocycles. The van der Waals surface area contributed by atoms with Gasteiger partial charge in [-0.05, 0) is 56.0 Å². The summed E-state index contributed by atoms with van der Waals surface area (Å²) in [5.74, 6) is 1.99. The van der Waals surface area contributed by atoms with E-state index in [-0.39, 0.29) is 23.6 Å². The first-order chi connectivity index (χ1) is 15.0. The second-order valence-electron chi connectivity index (χ2n) is 8.23. The van der Waals surface area contributed by atoms with E-state index in [2.05, 4.69) is 28.7 Å². The van der Waals surface area contributed by atoms with Crippen LogP contribution in [0.5, 0.6) is 5.75 Å². The average Bonchev–Trinajstić information content (AvgIpc) is 3.03. The Morgan fingerprint density at radius 1 is 1.26 bits per heavy atom. The first kappa shape index (κ1) is 23.7. The summed E-state index contributed by atoms with van der Waals surface area (Å²) in [5.41, 5.74) is 0.440. The number of ether oxygens (including phenoxy) is 1. The van der Waals surface area contributed by atoms with Crippen molar-refractivity contribution in [2.24, 2.45) is 0 Å². The number of carbonyl (C=O) groups is 2. The Balaban J connectivity index is 1.60. The summed E-state index contributed by atoms with van der Waals surface area (Å²) in [7, 11) is 0. The van der Waals surface area contributed by atoms with E-state index in [1.54, 1.807) is 11.8 Å². The number of piperidine rings is 1. The van der Waals surface area contributed by atoms with Crippen LogP contribution in [0.4, 0.5) is 10.5 Å². The Kier molecular flexibility index (Phi) is 8.49. The Labute approximate surface area is 190 Å². The lowest BCUT2D eigenvalue weighted by molar-refractivity contribution is -0.133. The van der Waals surface area contributed by atoms with Gasteiger partial charge in [0.15, 0.2) is 0 Å². The highest BCUT2D eigenvalue weighted by Gasteiger charge is 2.51. The molecule has 1 aromatic carbocycles. The zero-order valence-corrected chi connectivity index (χ0v) is 19.8. The number of likely N-dealkylation sites (tertiary alicyclic amines) is 1. The van der Waals surface area contributed by atoms with Crippen LogP contribution >= 0.6 is 11.8 Å². The molecule has 1 aromatic rings. The molecule has 7 nitrogen and oxygen atoms in total. The van der Waals surface area contributed by atoms with Gasteiger partial charge in [0.1, 0.15) is 5.75 Å². The quantitative estimate of drug-likeness (QED) is 0.602. The second kappa shape index (κ2) is 11.1. The van der Waals surface area contributed by atoms with Crippen molar-refractivity contribution < 1.29 is 14.3 Å². The summed E-state index contributed by atoms with van der Waals surface area (Å²) in [6.45, 7) is 6.75. The van der Waals surface area contributed by atoms with E-state index in [9.17, 15) is 9.59 Å². The van der Waals surface area contributed by atoms with Gasteiger partial charge < -0.3 is 19.9 Å². The second-order valence-corrected chi connectivity index (χ2v) is 9.21. The van der Waals surface area contributed by atoms with E-state index >= 15 is 0 Å². The Morgan fingerprint density at radius 3 is 2.58 bits per heavy atom. The SMILES string of the molecule is CCCCN1C(=O)C(CCSC)NC12CCN(C(=O)Nc1ccc(OCC)cc1)CC2. The molecule has 1 spiro atoms. The van der Waals surface area contributed by atoms with Gasteiger partial charge in [0.25, 0.3) is 0 Å². The van der Waals surface area contributed by atoms with Gasteiger partial charge in [0.05, 0.1) is 18.3 Å². The molecular formula is C23H36N4O3S. The molecule has 0 radical (unpaired) electrons. The number of benzene rings is 1. The zero-order chi connectivity index (χ0) is 22.3. The molecule has 0 bridgehead atoms. The lowest BCUT2D eigenvalue weighted by Gasteiger charge is -2.44. The molecule has 2 heterocycles. The molecule has 3 rings (SSSR count). The van der Waals surface area contributed by atoms with Crippen molar-refractivity contribution in [1.29, 1.82) is 0 Å². The number of thioether (sulfide) groups is 1. The molecule has 172 valence electrons. The van der Waals surface area contributed by atoms with Crippen LogP contribution in [0, 0.1) is 0 Å². The molecule has 2 aliphatic heterocycles. The number of hydrogen-bond donors (Lipinski definition) is 2. The highest BCUT2D eigenvalue weighted by Crippen LogP contribution is 2.34. The first-order valence-corrected chi connectivity index (χ1v) is 12.8. The normalized spacial score (nSPS) is 20.4. The summed E-state index contributed by atoms with van der Waals surface area (Å²) < 4.78 is 5.45. The van der Waals surface area contributed by atoms with E-state index in [1.807, 2.05) is 36.1 Å². The predicted octanol–water partition coefficient (Wildman–Crippen LogP) is 3.76. The maximum absolute atomic E-state index is 13.1. The lowest BCUT2D eigenvalue weighted by atomic mass is 9.95. The third kappa shape index (κ3) is 5.66. The number of nitrogens with one attached hydrogen (secondary N) is 2. The molecule has 0 saturated carbocycles. The average molecular weight is 449 g/mol. The van der Waals surface area contributed by atoms with Crippen LogP contribution in [-0.4, -0.2) is 71.7 Å². The fourth-order valence-electron chi connectivity index (χ4n) is 4.43. The van der Waals surface area contributed by atoms with E-state index in [4.69, 9.17) is 4.74 Å². The van der Waals surface area contributed by atoms with Gasteiger partial charge >= 0.3 is 6.03 Å². The van der Waals surface area contributed by atoms with E-state index < -0.39 is 0 Å². The standard InChI is InChI=1S/C23H36N4O3S/c1-4-6-14-27-21(28)20(11-17-31-3)25-23(27)12-15-26(16-13-23)22(29)24-18-7-9-19(10-8-18)30-5-2/h7-10,20,25H,4-6,11-17H2,1-3H3,(H,24,29). The van der Waals surface area contributed by atoms with Gasteiger partial charge in [0.2, 0.25) is 5.91 Å². The molecule has 1 unspecified atom stereocenters. The summed E-state index contributed by atoms with van der Waals surface area (Å²) in [4.78, 5) is 29.8. The third-order valence-corrected chi connectivity index (χ3v) is 6.81. The maximum atomic E-state index is 13.1. The number of nitrogens with zero attached hydrogens (tertiary/aromatic N) is 2. The number of rotatable bonds is 9. The fraction of sp³-hybridized carbons (Fsp3) is 0.652. The monoisotopic (exact) mass is 448 g/mol. The Hall–Kier alpha value is -1.93. The number of urea groups is 1. The van der Waals surface area contributed by atoms with Crippen LogP contribution in [0.1, 0.15) is 46.0 Å².